The minimum Gasteiger partial charge on any atom is -0.367 e. The van der Waals surface area contributed by atoms with Gasteiger partial charge in [-0.3, -0.25) is 0 Å². The maximum atomic E-state index is 4.52. The van der Waals surface area contributed by atoms with Crippen LogP contribution in [0.15, 0.2) is 29.2 Å². The van der Waals surface area contributed by atoms with Crippen molar-refractivity contribution in [2.45, 2.75) is 39.2 Å². The number of aryl methyl sites for hydroxylation is 1. The molecule has 0 saturated carbocycles. The van der Waals surface area contributed by atoms with E-state index in [1.54, 1.807) is 22.2 Å². The number of fused-ring (bicyclic) bond motifs is 1. The number of anilines is 1. The fourth-order valence-corrected chi connectivity index (χ4v) is 3.10. The Kier molecular flexibility index (Phi) is 4.15. The van der Waals surface area contributed by atoms with E-state index in [1.165, 1.54) is 5.56 Å². The van der Waals surface area contributed by atoms with Gasteiger partial charge >= 0.3 is 0 Å². The van der Waals surface area contributed by atoms with E-state index in [9.17, 15) is 0 Å². The van der Waals surface area contributed by atoms with Gasteiger partial charge in [0.15, 0.2) is 0 Å². The third-order valence-corrected chi connectivity index (χ3v) is 4.06. The average Bonchev–Trinajstić information content (AvgIpc) is 3.09. The fraction of sp³-hybridized carbons (Fsp3) is 0.400. The molecule has 3 aromatic rings. The molecule has 6 heteroatoms. The maximum Gasteiger partial charge on any atom is 0.254 e. The lowest BCUT2D eigenvalue weighted by Crippen LogP contribution is -2.20. The van der Waals surface area contributed by atoms with Crippen molar-refractivity contribution in [3.05, 3.63) is 40.5 Å². The van der Waals surface area contributed by atoms with Gasteiger partial charge in [-0.05, 0) is 42.2 Å². The summed E-state index contributed by atoms with van der Waals surface area (Å²) >= 11 is 1.74. The summed E-state index contributed by atoms with van der Waals surface area (Å²) < 4.78 is 1.77. The van der Waals surface area contributed by atoms with Crippen LogP contribution in [-0.2, 0) is 12.8 Å². The van der Waals surface area contributed by atoms with E-state index in [0.717, 1.165) is 30.8 Å². The first-order chi connectivity index (χ1) is 10.3. The highest BCUT2D eigenvalue weighted by atomic mass is 32.1. The van der Waals surface area contributed by atoms with Gasteiger partial charge in [0.2, 0.25) is 0 Å². The largest absolute Gasteiger partial charge is 0.367 e. The number of rotatable bonds is 6. The second-order valence-corrected chi connectivity index (χ2v) is 6.02. The predicted octanol–water partition coefficient (Wildman–Crippen LogP) is 3.18. The quantitative estimate of drug-likeness (QED) is 0.760. The topological polar surface area (TPSA) is 55.1 Å². The molecule has 0 spiro atoms. The smallest absolute Gasteiger partial charge is 0.254 e. The lowest BCUT2D eigenvalue weighted by molar-refractivity contribution is 0.768. The highest BCUT2D eigenvalue weighted by molar-refractivity contribution is 7.07. The lowest BCUT2D eigenvalue weighted by Gasteiger charge is -2.16. The minimum atomic E-state index is 0.323. The van der Waals surface area contributed by atoms with Crippen LogP contribution in [0.2, 0.25) is 0 Å². The van der Waals surface area contributed by atoms with Gasteiger partial charge in [-0.25, -0.2) is 4.98 Å². The molecule has 0 aromatic carbocycles. The Morgan fingerprint density at radius 1 is 1.43 bits per heavy atom. The van der Waals surface area contributed by atoms with Crippen LogP contribution in [0.1, 0.15) is 31.5 Å². The number of thiophene rings is 1. The fourth-order valence-electron chi connectivity index (χ4n) is 2.41. The Morgan fingerprint density at radius 2 is 2.33 bits per heavy atom. The van der Waals surface area contributed by atoms with Crippen molar-refractivity contribution in [3.8, 4) is 0 Å². The number of aromatic nitrogens is 4. The Bertz CT molecular complexity index is 704. The number of hydrogen-bond donors (Lipinski definition) is 1. The van der Waals surface area contributed by atoms with Gasteiger partial charge in [-0.2, -0.15) is 25.9 Å². The molecule has 3 rings (SSSR count). The summed E-state index contributed by atoms with van der Waals surface area (Å²) in [6.07, 6.45) is 4.57. The molecule has 1 N–H and O–H groups in total. The van der Waals surface area contributed by atoms with Crippen molar-refractivity contribution < 1.29 is 0 Å². The first kappa shape index (κ1) is 14.0. The zero-order valence-electron chi connectivity index (χ0n) is 12.3. The first-order valence-corrected chi connectivity index (χ1v) is 8.18. The molecule has 0 bridgehead atoms. The third kappa shape index (κ3) is 3.21. The maximum absolute atomic E-state index is 4.52. The van der Waals surface area contributed by atoms with Gasteiger partial charge in [0.05, 0.1) is 0 Å². The molecule has 21 heavy (non-hydrogen) atoms. The molecule has 3 aromatic heterocycles. The molecule has 1 unspecified atom stereocenters. The predicted molar refractivity (Wildman–Crippen MR) is 85.9 cm³/mol. The van der Waals surface area contributed by atoms with Crippen LogP contribution >= 0.6 is 11.3 Å². The van der Waals surface area contributed by atoms with Crippen LogP contribution in [-0.4, -0.2) is 25.6 Å². The van der Waals surface area contributed by atoms with Crippen LogP contribution in [0.4, 0.5) is 5.82 Å². The normalized spacial score (nSPS) is 12.7. The highest BCUT2D eigenvalue weighted by Gasteiger charge is 2.10. The van der Waals surface area contributed by atoms with Crippen LogP contribution < -0.4 is 5.32 Å². The van der Waals surface area contributed by atoms with E-state index >= 15 is 0 Å². The van der Waals surface area contributed by atoms with Gasteiger partial charge in [0.25, 0.3) is 5.78 Å². The van der Waals surface area contributed by atoms with Gasteiger partial charge < -0.3 is 5.32 Å². The molecule has 5 nitrogen and oxygen atoms in total. The Hall–Kier alpha value is -1.95. The summed E-state index contributed by atoms with van der Waals surface area (Å²) in [6.45, 7) is 4.34. The van der Waals surface area contributed by atoms with Crippen LogP contribution in [0, 0.1) is 0 Å². The van der Waals surface area contributed by atoms with Crippen molar-refractivity contribution in [3.63, 3.8) is 0 Å². The summed E-state index contributed by atoms with van der Waals surface area (Å²) in [5, 5.41) is 12.1. The van der Waals surface area contributed by atoms with Gasteiger partial charge in [0, 0.05) is 17.8 Å². The Balaban J connectivity index is 1.83. The molecule has 0 aliphatic heterocycles. The zero-order valence-corrected chi connectivity index (χ0v) is 13.1. The van der Waals surface area contributed by atoms with Crippen LogP contribution in [0.5, 0.6) is 0 Å². The minimum absolute atomic E-state index is 0.323. The number of nitrogens with zero attached hydrogens (tertiary/aromatic N) is 4. The number of hydrogen-bond acceptors (Lipinski definition) is 5. The number of nitrogens with one attached hydrogen (secondary N) is 1. The van der Waals surface area contributed by atoms with Gasteiger partial charge in [-0.1, -0.05) is 13.3 Å². The molecule has 0 aliphatic carbocycles. The Morgan fingerprint density at radius 3 is 3.10 bits per heavy atom. The SMILES string of the molecule is CCCc1cc(NC(C)Cc2ccsc2)n2ncnc2n1. The summed E-state index contributed by atoms with van der Waals surface area (Å²) in [7, 11) is 0. The van der Waals surface area contributed by atoms with Gasteiger partial charge in [-0.15, -0.1) is 0 Å². The van der Waals surface area contributed by atoms with Crippen molar-refractivity contribution >= 4 is 22.9 Å². The standard InChI is InChI=1S/C15H19N5S/c1-3-4-13-8-14(20-15(19-13)16-10-17-20)18-11(2)7-12-5-6-21-9-12/h5-6,8-11,18H,3-4,7H2,1-2H3. The zero-order chi connectivity index (χ0) is 14.7. The second kappa shape index (κ2) is 6.22. The van der Waals surface area contributed by atoms with Crippen LogP contribution in [0.3, 0.4) is 0 Å². The molecular formula is C15H19N5S. The molecule has 0 fully saturated rings. The molecule has 1 atom stereocenters. The molecule has 0 radical (unpaired) electrons. The van der Waals surface area contributed by atoms with Gasteiger partial charge in [0.1, 0.15) is 12.1 Å². The third-order valence-electron chi connectivity index (χ3n) is 3.33. The van der Waals surface area contributed by atoms with Crippen molar-refractivity contribution in [2.75, 3.05) is 5.32 Å². The molecule has 0 aliphatic rings. The monoisotopic (exact) mass is 301 g/mol. The van der Waals surface area contributed by atoms with Crippen molar-refractivity contribution in [1.82, 2.24) is 19.6 Å². The summed E-state index contributed by atoms with van der Waals surface area (Å²) in [6, 6.07) is 4.57. The average molecular weight is 301 g/mol. The Labute approximate surface area is 128 Å². The lowest BCUT2D eigenvalue weighted by atomic mass is 10.1. The summed E-state index contributed by atoms with van der Waals surface area (Å²) in [5.74, 6) is 1.62. The van der Waals surface area contributed by atoms with E-state index in [1.807, 2.05) is 0 Å². The van der Waals surface area contributed by atoms with E-state index in [2.05, 4.69) is 57.1 Å². The van der Waals surface area contributed by atoms with E-state index in [4.69, 9.17) is 0 Å². The van der Waals surface area contributed by atoms with Crippen LogP contribution in [0.25, 0.3) is 5.78 Å². The van der Waals surface area contributed by atoms with E-state index in [0.29, 0.717) is 11.8 Å². The van der Waals surface area contributed by atoms with Crippen molar-refractivity contribution in [1.29, 1.82) is 0 Å². The molecule has 0 saturated heterocycles. The second-order valence-electron chi connectivity index (χ2n) is 5.24. The molecule has 3 heterocycles. The van der Waals surface area contributed by atoms with E-state index < -0.39 is 0 Å². The van der Waals surface area contributed by atoms with E-state index in [-0.39, 0.29) is 0 Å². The molecule has 0 amide bonds. The summed E-state index contributed by atoms with van der Waals surface area (Å²) in [4.78, 5) is 8.73. The summed E-state index contributed by atoms with van der Waals surface area (Å²) in [5.41, 5.74) is 2.42. The first-order valence-electron chi connectivity index (χ1n) is 7.23. The molecular weight excluding hydrogens is 282 g/mol. The highest BCUT2D eigenvalue weighted by Crippen LogP contribution is 2.15. The molecule has 110 valence electrons. The van der Waals surface area contributed by atoms with Crippen molar-refractivity contribution in [2.24, 2.45) is 0 Å².